The third-order valence-corrected chi connectivity index (χ3v) is 3.45. The molecule has 0 aromatic carbocycles. The van der Waals surface area contributed by atoms with E-state index in [9.17, 15) is 4.79 Å². The molecule has 1 amide bonds. The topological polar surface area (TPSA) is 55.6 Å². The van der Waals surface area contributed by atoms with Crippen LogP contribution >= 0.6 is 8.19 Å². The molecule has 14 heavy (non-hydrogen) atoms. The Labute approximate surface area is 84.1 Å². The summed E-state index contributed by atoms with van der Waals surface area (Å²) in [7, 11) is 0.427. The summed E-state index contributed by atoms with van der Waals surface area (Å²) in [6.45, 7) is 3.15. The van der Waals surface area contributed by atoms with E-state index in [1.54, 1.807) is 0 Å². The van der Waals surface area contributed by atoms with Gasteiger partial charge in [0.05, 0.1) is 24.2 Å². The lowest BCUT2D eigenvalue weighted by Crippen LogP contribution is -2.36. The summed E-state index contributed by atoms with van der Waals surface area (Å²) in [5.74, 6) is 1.71. The first-order valence-corrected chi connectivity index (χ1v) is 5.66. The minimum absolute atomic E-state index is 0.296. The smallest absolute Gasteiger partial charge is 0.254 e. The Bertz CT molecular complexity index is 331. The zero-order valence-corrected chi connectivity index (χ0v) is 8.82. The molecule has 0 bridgehead atoms. The molecule has 76 valence electrons. The normalized spacial score (nSPS) is 17.6. The second-order valence-electron chi connectivity index (χ2n) is 3.20. The molecule has 0 radical (unpaired) electrons. The molecule has 5 heteroatoms. The molecule has 4 nitrogen and oxygen atoms in total. The molecule has 2 heterocycles. The van der Waals surface area contributed by atoms with Crippen LogP contribution in [0.25, 0.3) is 0 Å². The van der Waals surface area contributed by atoms with Crippen molar-refractivity contribution in [3.05, 3.63) is 17.2 Å². The zero-order chi connectivity index (χ0) is 9.97. The van der Waals surface area contributed by atoms with Gasteiger partial charge in [0, 0.05) is 13.1 Å². The van der Waals surface area contributed by atoms with Gasteiger partial charge in [0.15, 0.2) is 0 Å². The van der Waals surface area contributed by atoms with E-state index >= 15 is 0 Å². The lowest BCUT2D eigenvalue weighted by molar-refractivity contribution is 0.100. The molecule has 1 saturated heterocycles. The number of amides is 1. The van der Waals surface area contributed by atoms with Crippen LogP contribution in [-0.2, 0) is 4.74 Å². The Morgan fingerprint density at radius 3 is 2.86 bits per heavy atom. The van der Waals surface area contributed by atoms with E-state index in [0.29, 0.717) is 8.19 Å². The number of morpholine rings is 1. The molecule has 2 rings (SSSR count). The summed E-state index contributed by atoms with van der Waals surface area (Å²) in [6.07, 6.45) is 0. The van der Waals surface area contributed by atoms with Crippen molar-refractivity contribution in [2.24, 2.45) is 5.73 Å². The Morgan fingerprint density at radius 2 is 2.21 bits per heavy atom. The number of nitrogens with two attached hydrogens (primary N) is 1. The summed E-state index contributed by atoms with van der Waals surface area (Å²) in [5.41, 5.74) is 6.31. The van der Waals surface area contributed by atoms with Crippen LogP contribution in [0.2, 0.25) is 0 Å². The first kappa shape index (κ1) is 9.56. The van der Waals surface area contributed by atoms with Gasteiger partial charge < -0.3 is 15.4 Å². The van der Waals surface area contributed by atoms with Crippen LogP contribution in [0.3, 0.4) is 0 Å². The van der Waals surface area contributed by atoms with Gasteiger partial charge in [0.1, 0.15) is 0 Å². The maximum atomic E-state index is 11.1. The molecule has 1 aromatic heterocycles. The number of hydrogen-bond donors (Lipinski definition) is 1. The fourth-order valence-electron chi connectivity index (χ4n) is 1.63. The number of nitrogens with zero attached hydrogens (tertiary/aromatic N) is 1. The number of ether oxygens (including phenoxy) is 1. The first-order valence-electron chi connectivity index (χ1n) is 4.59. The fourth-order valence-corrected chi connectivity index (χ4v) is 2.57. The van der Waals surface area contributed by atoms with Gasteiger partial charge in [-0.1, -0.05) is 0 Å². The largest absolute Gasteiger partial charge is 0.378 e. The molecule has 1 aliphatic heterocycles. The van der Waals surface area contributed by atoms with Gasteiger partial charge in [-0.15, -0.1) is 8.19 Å². The highest BCUT2D eigenvalue weighted by Crippen LogP contribution is 2.29. The number of carbonyl (C=O) groups excluding carboxylic acids is 1. The van der Waals surface area contributed by atoms with E-state index in [1.165, 1.54) is 0 Å². The van der Waals surface area contributed by atoms with E-state index in [4.69, 9.17) is 10.5 Å². The lowest BCUT2D eigenvalue weighted by Gasteiger charge is -2.28. The average molecular weight is 212 g/mol. The molecule has 0 spiro atoms. The standard InChI is InChI=1S/C9H13N2O2P/c10-9(12)8-7(1-6-14-8)11-2-4-13-5-3-11/h1,6,14H,2-5H2,(H2,10,12). The van der Waals surface area contributed by atoms with Crippen LogP contribution in [0, 0.1) is 0 Å². The molecule has 1 unspecified atom stereocenters. The van der Waals surface area contributed by atoms with Gasteiger partial charge in [-0.05, 0) is 11.9 Å². The van der Waals surface area contributed by atoms with Gasteiger partial charge in [0.25, 0.3) is 5.91 Å². The molecule has 1 aromatic rings. The lowest BCUT2D eigenvalue weighted by atomic mass is 10.3. The first-order chi connectivity index (χ1) is 6.79. The van der Waals surface area contributed by atoms with Crippen molar-refractivity contribution in [3.63, 3.8) is 0 Å². The van der Waals surface area contributed by atoms with Gasteiger partial charge in [-0.25, -0.2) is 0 Å². The highest BCUT2D eigenvalue weighted by atomic mass is 31.0. The van der Waals surface area contributed by atoms with E-state index in [1.807, 2.05) is 11.9 Å². The van der Waals surface area contributed by atoms with E-state index < -0.39 is 0 Å². The third kappa shape index (κ3) is 1.76. The Hall–Kier alpha value is -0.990. The van der Waals surface area contributed by atoms with Crippen molar-refractivity contribution >= 4 is 19.8 Å². The van der Waals surface area contributed by atoms with Crippen molar-refractivity contribution in [1.82, 2.24) is 0 Å². The number of carbonyl (C=O) groups is 1. The highest BCUT2D eigenvalue weighted by Gasteiger charge is 2.17. The highest BCUT2D eigenvalue weighted by molar-refractivity contribution is 7.32. The fraction of sp³-hybridized carbons (Fsp3) is 0.444. The van der Waals surface area contributed by atoms with Crippen LogP contribution in [0.4, 0.5) is 5.69 Å². The van der Waals surface area contributed by atoms with Gasteiger partial charge >= 0.3 is 0 Å². The third-order valence-electron chi connectivity index (χ3n) is 2.32. The van der Waals surface area contributed by atoms with Gasteiger partial charge in [-0.3, -0.25) is 4.79 Å². The second-order valence-corrected chi connectivity index (χ2v) is 4.32. The molecule has 1 aliphatic rings. The minimum Gasteiger partial charge on any atom is -0.378 e. The number of anilines is 1. The molecule has 2 N–H and O–H groups in total. The molecular formula is C9H13N2O2P. The number of hydrogen-bond acceptors (Lipinski definition) is 3. The zero-order valence-electron chi connectivity index (χ0n) is 7.82. The van der Waals surface area contributed by atoms with Crippen molar-refractivity contribution in [3.8, 4) is 0 Å². The Kier molecular flexibility index (Phi) is 2.75. The van der Waals surface area contributed by atoms with Crippen LogP contribution < -0.4 is 10.6 Å². The van der Waals surface area contributed by atoms with Crippen molar-refractivity contribution in [2.75, 3.05) is 31.2 Å². The quantitative estimate of drug-likeness (QED) is 0.783. The minimum atomic E-state index is -0.296. The summed E-state index contributed by atoms with van der Waals surface area (Å²) in [5, 5.41) is 0.756. The second kappa shape index (κ2) is 4.03. The summed E-state index contributed by atoms with van der Waals surface area (Å²) < 4.78 is 5.25. The van der Waals surface area contributed by atoms with Crippen LogP contribution in [0.15, 0.2) is 11.9 Å². The molecule has 1 atom stereocenters. The summed E-state index contributed by atoms with van der Waals surface area (Å²) in [4.78, 5) is 13.3. The van der Waals surface area contributed by atoms with E-state index in [2.05, 4.69) is 4.90 Å². The predicted octanol–water partition coefficient (Wildman–Crippen LogP) is 0.653. The SMILES string of the molecule is NC(=O)c1[pH]ccc1N1CCOCC1. The summed E-state index contributed by atoms with van der Waals surface area (Å²) in [6, 6.07) is 1.99. The van der Waals surface area contributed by atoms with Crippen LogP contribution in [0.5, 0.6) is 0 Å². The molecule has 0 aliphatic carbocycles. The summed E-state index contributed by atoms with van der Waals surface area (Å²) >= 11 is 0. The van der Waals surface area contributed by atoms with Crippen molar-refractivity contribution in [2.45, 2.75) is 0 Å². The Balaban J connectivity index is 2.21. The molecule has 0 saturated carbocycles. The number of rotatable bonds is 2. The monoisotopic (exact) mass is 212 g/mol. The molecule has 1 fully saturated rings. The number of primary amides is 1. The van der Waals surface area contributed by atoms with E-state index in [-0.39, 0.29) is 5.91 Å². The van der Waals surface area contributed by atoms with Crippen molar-refractivity contribution in [1.29, 1.82) is 0 Å². The van der Waals surface area contributed by atoms with Crippen molar-refractivity contribution < 1.29 is 9.53 Å². The molecular weight excluding hydrogens is 199 g/mol. The van der Waals surface area contributed by atoms with Crippen LogP contribution in [0.1, 0.15) is 10.1 Å². The van der Waals surface area contributed by atoms with Gasteiger partial charge in [0.2, 0.25) is 0 Å². The predicted molar refractivity (Wildman–Crippen MR) is 57.5 cm³/mol. The average Bonchev–Trinajstić information content (AvgIpc) is 2.67. The maximum Gasteiger partial charge on any atom is 0.254 e. The maximum absolute atomic E-state index is 11.1. The van der Waals surface area contributed by atoms with Gasteiger partial charge in [-0.2, -0.15) is 0 Å². The van der Waals surface area contributed by atoms with Crippen LogP contribution in [-0.4, -0.2) is 32.2 Å². The Morgan fingerprint density at radius 1 is 1.50 bits per heavy atom. The van der Waals surface area contributed by atoms with E-state index in [0.717, 1.165) is 37.3 Å².